The third-order valence-corrected chi connectivity index (χ3v) is 2.37. The summed E-state index contributed by atoms with van der Waals surface area (Å²) in [4.78, 5) is 15.8. The SMILES string of the molecule is CC(C)c1cc2c(cn1)OCCC2=O. The van der Waals surface area contributed by atoms with Gasteiger partial charge in [0.15, 0.2) is 5.78 Å². The molecule has 0 radical (unpaired) electrons. The van der Waals surface area contributed by atoms with Crippen molar-refractivity contribution in [3.63, 3.8) is 0 Å². The van der Waals surface area contributed by atoms with E-state index in [1.54, 1.807) is 6.20 Å². The van der Waals surface area contributed by atoms with E-state index in [4.69, 9.17) is 4.74 Å². The zero-order valence-electron chi connectivity index (χ0n) is 8.41. The number of aromatic nitrogens is 1. The summed E-state index contributed by atoms with van der Waals surface area (Å²) >= 11 is 0. The molecule has 0 spiro atoms. The molecule has 1 aromatic rings. The Morgan fingerprint density at radius 1 is 1.50 bits per heavy atom. The molecule has 74 valence electrons. The van der Waals surface area contributed by atoms with Gasteiger partial charge in [-0.05, 0) is 12.0 Å². The Kier molecular flexibility index (Phi) is 2.23. The van der Waals surface area contributed by atoms with Crippen LogP contribution in [0.1, 0.15) is 42.2 Å². The van der Waals surface area contributed by atoms with Gasteiger partial charge in [0.25, 0.3) is 0 Å². The standard InChI is InChI=1S/C11H13NO2/c1-7(2)9-5-8-10(13)3-4-14-11(8)6-12-9/h5-7H,3-4H2,1-2H3. The molecular weight excluding hydrogens is 178 g/mol. The van der Waals surface area contributed by atoms with Gasteiger partial charge in [-0.2, -0.15) is 0 Å². The van der Waals surface area contributed by atoms with Crippen LogP contribution in [0.15, 0.2) is 12.3 Å². The van der Waals surface area contributed by atoms with Gasteiger partial charge in [-0.3, -0.25) is 9.78 Å². The second-order valence-corrected chi connectivity index (χ2v) is 3.78. The van der Waals surface area contributed by atoms with E-state index in [2.05, 4.69) is 18.8 Å². The molecule has 1 aromatic heterocycles. The van der Waals surface area contributed by atoms with E-state index in [0.29, 0.717) is 30.3 Å². The first-order valence-corrected chi connectivity index (χ1v) is 4.84. The van der Waals surface area contributed by atoms with Crippen LogP contribution in [0.3, 0.4) is 0 Å². The third-order valence-electron chi connectivity index (χ3n) is 2.37. The summed E-state index contributed by atoms with van der Waals surface area (Å²) in [5, 5.41) is 0. The minimum Gasteiger partial charge on any atom is -0.491 e. The van der Waals surface area contributed by atoms with Crippen LogP contribution in [0.2, 0.25) is 0 Å². The molecule has 0 amide bonds. The van der Waals surface area contributed by atoms with Gasteiger partial charge in [0, 0.05) is 12.1 Å². The number of ketones is 1. The van der Waals surface area contributed by atoms with Gasteiger partial charge < -0.3 is 4.74 Å². The van der Waals surface area contributed by atoms with Crippen molar-refractivity contribution < 1.29 is 9.53 Å². The Balaban J connectivity index is 2.46. The average molecular weight is 191 g/mol. The molecule has 0 saturated heterocycles. The van der Waals surface area contributed by atoms with Crippen molar-refractivity contribution in [2.45, 2.75) is 26.2 Å². The van der Waals surface area contributed by atoms with Crippen molar-refractivity contribution in [2.75, 3.05) is 6.61 Å². The molecule has 1 aliphatic rings. The minimum atomic E-state index is 0.163. The number of hydrogen-bond donors (Lipinski definition) is 0. The van der Waals surface area contributed by atoms with Crippen molar-refractivity contribution in [1.29, 1.82) is 0 Å². The second-order valence-electron chi connectivity index (χ2n) is 3.78. The summed E-state index contributed by atoms with van der Waals surface area (Å²) in [6, 6.07) is 1.85. The number of hydrogen-bond acceptors (Lipinski definition) is 3. The summed E-state index contributed by atoms with van der Waals surface area (Å²) in [7, 11) is 0. The Labute approximate surface area is 83.1 Å². The molecule has 0 unspecified atom stereocenters. The van der Waals surface area contributed by atoms with Crippen LogP contribution in [-0.2, 0) is 0 Å². The van der Waals surface area contributed by atoms with Gasteiger partial charge in [-0.25, -0.2) is 0 Å². The zero-order valence-corrected chi connectivity index (χ0v) is 8.41. The Morgan fingerprint density at radius 2 is 2.29 bits per heavy atom. The van der Waals surface area contributed by atoms with Crippen molar-refractivity contribution in [3.05, 3.63) is 23.5 Å². The highest BCUT2D eigenvalue weighted by Crippen LogP contribution is 2.26. The van der Waals surface area contributed by atoms with E-state index < -0.39 is 0 Å². The summed E-state index contributed by atoms with van der Waals surface area (Å²) in [6.45, 7) is 4.60. The van der Waals surface area contributed by atoms with Crippen molar-refractivity contribution >= 4 is 5.78 Å². The van der Waals surface area contributed by atoms with Crippen LogP contribution >= 0.6 is 0 Å². The fraction of sp³-hybridized carbons (Fsp3) is 0.455. The van der Waals surface area contributed by atoms with Gasteiger partial charge in [0.2, 0.25) is 0 Å². The van der Waals surface area contributed by atoms with Crippen LogP contribution in [0.25, 0.3) is 0 Å². The van der Waals surface area contributed by atoms with Gasteiger partial charge in [-0.1, -0.05) is 13.8 Å². The number of fused-ring (bicyclic) bond motifs is 1. The number of rotatable bonds is 1. The van der Waals surface area contributed by atoms with Gasteiger partial charge in [-0.15, -0.1) is 0 Å². The van der Waals surface area contributed by atoms with Crippen LogP contribution in [-0.4, -0.2) is 17.4 Å². The van der Waals surface area contributed by atoms with Gasteiger partial charge in [0.1, 0.15) is 5.75 Å². The van der Waals surface area contributed by atoms with Gasteiger partial charge in [0.05, 0.1) is 18.4 Å². The quantitative estimate of drug-likeness (QED) is 0.682. The molecule has 2 rings (SSSR count). The van der Waals surface area contributed by atoms with E-state index >= 15 is 0 Å². The van der Waals surface area contributed by atoms with E-state index in [-0.39, 0.29) is 5.78 Å². The smallest absolute Gasteiger partial charge is 0.170 e. The first kappa shape index (κ1) is 9.19. The summed E-state index contributed by atoms with van der Waals surface area (Å²) in [6.07, 6.45) is 2.14. The molecule has 0 aliphatic carbocycles. The molecule has 2 heterocycles. The van der Waals surface area contributed by atoms with E-state index in [0.717, 1.165) is 5.69 Å². The largest absolute Gasteiger partial charge is 0.491 e. The normalized spacial score (nSPS) is 15.2. The number of pyridine rings is 1. The average Bonchev–Trinajstić information content (AvgIpc) is 2.18. The maximum atomic E-state index is 11.6. The topological polar surface area (TPSA) is 39.2 Å². The second kappa shape index (κ2) is 3.40. The monoisotopic (exact) mass is 191 g/mol. The van der Waals surface area contributed by atoms with Crippen molar-refractivity contribution in [2.24, 2.45) is 0 Å². The van der Waals surface area contributed by atoms with Crippen LogP contribution in [0.4, 0.5) is 0 Å². The Bertz CT molecular complexity index is 372. The highest BCUT2D eigenvalue weighted by atomic mass is 16.5. The number of Topliss-reactive ketones (excluding diaryl/α,β-unsaturated/α-hetero) is 1. The predicted molar refractivity (Wildman–Crippen MR) is 52.8 cm³/mol. The number of carbonyl (C=O) groups excluding carboxylic acids is 1. The molecule has 0 saturated carbocycles. The molecule has 0 N–H and O–H groups in total. The minimum absolute atomic E-state index is 0.163. The fourth-order valence-electron chi connectivity index (χ4n) is 1.50. The lowest BCUT2D eigenvalue weighted by Gasteiger charge is -2.17. The maximum absolute atomic E-state index is 11.6. The van der Waals surface area contributed by atoms with Crippen LogP contribution < -0.4 is 4.74 Å². The molecule has 1 aliphatic heterocycles. The highest BCUT2D eigenvalue weighted by molar-refractivity contribution is 5.99. The number of carbonyl (C=O) groups is 1. The fourth-order valence-corrected chi connectivity index (χ4v) is 1.50. The molecule has 0 aromatic carbocycles. The summed E-state index contributed by atoms with van der Waals surface area (Å²) in [5.41, 5.74) is 1.64. The number of ether oxygens (including phenoxy) is 1. The summed E-state index contributed by atoms with van der Waals surface area (Å²) < 4.78 is 5.35. The summed E-state index contributed by atoms with van der Waals surface area (Å²) in [5.74, 6) is 1.14. The highest BCUT2D eigenvalue weighted by Gasteiger charge is 2.19. The lowest BCUT2D eigenvalue weighted by Crippen LogP contribution is -2.16. The van der Waals surface area contributed by atoms with Crippen molar-refractivity contribution in [1.82, 2.24) is 4.98 Å². The molecule has 14 heavy (non-hydrogen) atoms. The van der Waals surface area contributed by atoms with Crippen LogP contribution in [0, 0.1) is 0 Å². The van der Waals surface area contributed by atoms with Crippen molar-refractivity contribution in [3.8, 4) is 5.75 Å². The maximum Gasteiger partial charge on any atom is 0.170 e. The zero-order chi connectivity index (χ0) is 10.1. The van der Waals surface area contributed by atoms with Crippen LogP contribution in [0.5, 0.6) is 5.75 Å². The first-order valence-electron chi connectivity index (χ1n) is 4.84. The third kappa shape index (κ3) is 1.50. The Hall–Kier alpha value is -1.38. The molecule has 3 nitrogen and oxygen atoms in total. The Morgan fingerprint density at radius 3 is 3.00 bits per heavy atom. The molecular formula is C11H13NO2. The molecule has 0 bridgehead atoms. The lowest BCUT2D eigenvalue weighted by atomic mass is 10.0. The molecule has 3 heteroatoms. The number of nitrogens with zero attached hydrogens (tertiary/aromatic N) is 1. The first-order chi connectivity index (χ1) is 6.68. The van der Waals surface area contributed by atoms with E-state index in [9.17, 15) is 4.79 Å². The molecule has 0 atom stereocenters. The van der Waals surface area contributed by atoms with Gasteiger partial charge >= 0.3 is 0 Å². The van der Waals surface area contributed by atoms with E-state index in [1.165, 1.54) is 0 Å². The van der Waals surface area contributed by atoms with E-state index in [1.807, 2.05) is 6.07 Å². The molecule has 0 fully saturated rings. The predicted octanol–water partition coefficient (Wildman–Crippen LogP) is 2.17. The lowest BCUT2D eigenvalue weighted by molar-refractivity contribution is 0.0933.